The summed E-state index contributed by atoms with van der Waals surface area (Å²) in [6.45, 7) is 0. The van der Waals surface area contributed by atoms with Crippen LogP contribution in [0.1, 0.15) is 5.56 Å². The Bertz CT molecular complexity index is 1070. The Kier molecular flexibility index (Phi) is 4.38. The average molecular weight is 368 g/mol. The van der Waals surface area contributed by atoms with Gasteiger partial charge >= 0.3 is 0 Å². The van der Waals surface area contributed by atoms with Gasteiger partial charge in [-0.25, -0.2) is 8.78 Å². The highest BCUT2D eigenvalue weighted by Gasteiger charge is 2.12. The molecular weight excluding hydrogens is 354 g/mol. The molecular formula is C19H14F2N4S. The smallest absolute Gasteiger partial charge is 0.191 e. The Morgan fingerprint density at radius 2 is 1.81 bits per heavy atom. The Labute approximate surface area is 152 Å². The van der Waals surface area contributed by atoms with E-state index in [4.69, 9.17) is 0 Å². The van der Waals surface area contributed by atoms with Gasteiger partial charge in [-0.3, -0.25) is 4.98 Å². The molecule has 4 nitrogen and oxygen atoms in total. The molecule has 0 aliphatic carbocycles. The Balaban J connectivity index is 1.59. The number of nitrogens with zero attached hydrogens (tertiary/aromatic N) is 4. The molecule has 0 atom stereocenters. The summed E-state index contributed by atoms with van der Waals surface area (Å²) in [5, 5.41) is 10.2. The van der Waals surface area contributed by atoms with Crippen molar-refractivity contribution >= 4 is 22.7 Å². The number of halogens is 2. The van der Waals surface area contributed by atoms with E-state index >= 15 is 0 Å². The minimum absolute atomic E-state index is 0.405. The lowest BCUT2D eigenvalue weighted by molar-refractivity contribution is 0.581. The maximum atomic E-state index is 13.3. The first-order valence-corrected chi connectivity index (χ1v) is 8.91. The van der Waals surface area contributed by atoms with Crippen LogP contribution in [-0.2, 0) is 12.8 Å². The van der Waals surface area contributed by atoms with Crippen molar-refractivity contribution in [2.75, 3.05) is 0 Å². The van der Waals surface area contributed by atoms with Crippen molar-refractivity contribution in [1.82, 2.24) is 19.7 Å². The maximum absolute atomic E-state index is 13.3. The summed E-state index contributed by atoms with van der Waals surface area (Å²) in [6.07, 6.45) is 1.76. The van der Waals surface area contributed by atoms with Gasteiger partial charge in [0.15, 0.2) is 11.0 Å². The van der Waals surface area contributed by atoms with Crippen molar-refractivity contribution in [3.05, 3.63) is 71.9 Å². The maximum Gasteiger partial charge on any atom is 0.191 e. The fraction of sp³-hybridized carbons (Fsp3) is 0.105. The third-order valence-electron chi connectivity index (χ3n) is 3.99. The van der Waals surface area contributed by atoms with Crippen molar-refractivity contribution in [3.8, 4) is 11.4 Å². The lowest BCUT2D eigenvalue weighted by Gasteiger charge is -2.05. The second-order valence-corrected chi connectivity index (χ2v) is 6.78. The highest BCUT2D eigenvalue weighted by molar-refractivity contribution is 7.98. The monoisotopic (exact) mass is 368 g/mol. The molecule has 0 saturated heterocycles. The fourth-order valence-corrected chi connectivity index (χ4v) is 3.59. The molecule has 7 heteroatoms. The van der Waals surface area contributed by atoms with E-state index in [0.29, 0.717) is 16.5 Å². The molecule has 4 rings (SSSR count). The van der Waals surface area contributed by atoms with E-state index in [1.807, 2.05) is 41.9 Å². The Morgan fingerprint density at radius 3 is 2.62 bits per heavy atom. The van der Waals surface area contributed by atoms with Gasteiger partial charge in [-0.1, -0.05) is 17.8 Å². The fourth-order valence-electron chi connectivity index (χ4n) is 2.75. The molecule has 4 aromatic rings. The van der Waals surface area contributed by atoms with Crippen molar-refractivity contribution in [2.45, 2.75) is 10.9 Å². The summed E-state index contributed by atoms with van der Waals surface area (Å²) in [6, 6.07) is 13.3. The molecule has 0 bridgehead atoms. The minimum Gasteiger partial charge on any atom is -0.305 e. The van der Waals surface area contributed by atoms with Crippen LogP contribution >= 0.6 is 11.8 Å². The average Bonchev–Trinajstić information content (AvgIpc) is 2.99. The van der Waals surface area contributed by atoms with Gasteiger partial charge in [0.1, 0.15) is 11.6 Å². The van der Waals surface area contributed by atoms with Crippen molar-refractivity contribution in [3.63, 3.8) is 0 Å². The van der Waals surface area contributed by atoms with Crippen LogP contribution in [0, 0.1) is 11.6 Å². The molecule has 2 aromatic heterocycles. The lowest BCUT2D eigenvalue weighted by Crippen LogP contribution is -1.95. The molecule has 0 saturated carbocycles. The van der Waals surface area contributed by atoms with Gasteiger partial charge in [0, 0.05) is 36.0 Å². The number of pyridine rings is 1. The van der Waals surface area contributed by atoms with Gasteiger partial charge in [0.05, 0.1) is 5.52 Å². The van der Waals surface area contributed by atoms with Crippen LogP contribution in [0.4, 0.5) is 8.78 Å². The van der Waals surface area contributed by atoms with E-state index in [1.54, 1.807) is 6.20 Å². The third-order valence-corrected chi connectivity index (χ3v) is 5.08. The molecule has 0 N–H and O–H groups in total. The highest BCUT2D eigenvalue weighted by atomic mass is 32.2. The van der Waals surface area contributed by atoms with E-state index < -0.39 is 11.6 Å². The largest absolute Gasteiger partial charge is 0.305 e. The van der Waals surface area contributed by atoms with E-state index in [9.17, 15) is 8.78 Å². The number of hydrogen-bond acceptors (Lipinski definition) is 4. The molecule has 0 fully saturated rings. The van der Waals surface area contributed by atoms with Gasteiger partial charge in [-0.2, -0.15) is 0 Å². The second kappa shape index (κ2) is 6.84. The number of thioether (sulfide) groups is 1. The zero-order chi connectivity index (χ0) is 18.1. The Hall–Kier alpha value is -2.80. The number of aromatic nitrogens is 4. The van der Waals surface area contributed by atoms with Crippen molar-refractivity contribution < 1.29 is 8.78 Å². The first-order chi connectivity index (χ1) is 12.6. The summed E-state index contributed by atoms with van der Waals surface area (Å²) in [5.41, 5.74) is 2.42. The number of hydrogen-bond donors (Lipinski definition) is 0. The van der Waals surface area contributed by atoms with Crippen molar-refractivity contribution in [1.29, 1.82) is 0 Å². The highest BCUT2D eigenvalue weighted by Crippen LogP contribution is 2.27. The molecule has 0 spiro atoms. The standard InChI is InChI=1S/C19H14F2N4S/c1-25-18(14-4-5-17-13(9-14)3-2-6-22-17)23-24-19(25)26-11-12-7-15(20)10-16(21)8-12/h2-10H,11H2,1H3. The van der Waals surface area contributed by atoms with Crippen LogP contribution in [0.2, 0.25) is 0 Å². The van der Waals surface area contributed by atoms with Gasteiger partial charge in [-0.15, -0.1) is 10.2 Å². The normalized spacial score (nSPS) is 11.2. The quantitative estimate of drug-likeness (QED) is 0.494. The SMILES string of the molecule is Cn1c(SCc2cc(F)cc(F)c2)nnc1-c1ccc2ncccc2c1. The summed E-state index contributed by atoms with van der Waals surface area (Å²) in [7, 11) is 1.87. The molecule has 0 amide bonds. The van der Waals surface area contributed by atoms with Crippen LogP contribution in [-0.4, -0.2) is 19.7 Å². The van der Waals surface area contributed by atoms with Gasteiger partial charge in [0.2, 0.25) is 0 Å². The molecule has 2 heterocycles. The van der Waals surface area contributed by atoms with Crippen LogP contribution in [0.3, 0.4) is 0 Å². The van der Waals surface area contributed by atoms with Gasteiger partial charge in [0.25, 0.3) is 0 Å². The minimum atomic E-state index is -0.580. The zero-order valence-electron chi connectivity index (χ0n) is 13.9. The van der Waals surface area contributed by atoms with E-state index in [-0.39, 0.29) is 0 Å². The topological polar surface area (TPSA) is 43.6 Å². The summed E-state index contributed by atoms with van der Waals surface area (Å²) < 4.78 is 28.5. The number of benzene rings is 2. The molecule has 0 radical (unpaired) electrons. The van der Waals surface area contributed by atoms with Crippen LogP contribution in [0.25, 0.3) is 22.3 Å². The van der Waals surface area contributed by atoms with Crippen LogP contribution in [0.15, 0.2) is 59.9 Å². The van der Waals surface area contributed by atoms with E-state index in [0.717, 1.165) is 28.4 Å². The first kappa shape index (κ1) is 16.7. The van der Waals surface area contributed by atoms with Crippen molar-refractivity contribution in [2.24, 2.45) is 7.05 Å². The first-order valence-electron chi connectivity index (χ1n) is 7.92. The zero-order valence-corrected chi connectivity index (χ0v) is 14.7. The molecule has 2 aromatic carbocycles. The third kappa shape index (κ3) is 3.30. The molecule has 0 aliphatic rings. The predicted molar refractivity (Wildman–Crippen MR) is 97.7 cm³/mol. The number of rotatable bonds is 4. The molecule has 0 unspecified atom stereocenters. The summed E-state index contributed by atoms with van der Waals surface area (Å²) in [4.78, 5) is 4.31. The lowest BCUT2D eigenvalue weighted by atomic mass is 10.1. The second-order valence-electron chi connectivity index (χ2n) is 5.84. The van der Waals surface area contributed by atoms with Crippen LogP contribution in [0.5, 0.6) is 0 Å². The summed E-state index contributed by atoms with van der Waals surface area (Å²) >= 11 is 1.38. The van der Waals surface area contributed by atoms with Gasteiger partial charge < -0.3 is 4.57 Å². The van der Waals surface area contributed by atoms with E-state index in [1.165, 1.54) is 23.9 Å². The van der Waals surface area contributed by atoms with Crippen LogP contribution < -0.4 is 0 Å². The molecule has 26 heavy (non-hydrogen) atoms. The molecule has 130 valence electrons. The number of fused-ring (bicyclic) bond motifs is 1. The summed E-state index contributed by atoms with van der Waals surface area (Å²) in [5.74, 6) is -0.0285. The van der Waals surface area contributed by atoms with E-state index in [2.05, 4.69) is 15.2 Å². The predicted octanol–water partition coefficient (Wildman–Crippen LogP) is 4.60. The Morgan fingerprint density at radius 1 is 1.00 bits per heavy atom. The molecule has 0 aliphatic heterocycles. The van der Waals surface area contributed by atoms with Gasteiger partial charge in [-0.05, 0) is 42.0 Å².